The van der Waals surface area contributed by atoms with Crippen molar-refractivity contribution < 1.29 is 38.7 Å². The zero-order valence-corrected chi connectivity index (χ0v) is 30.3. The number of para-hydroxylation sites is 2. The van der Waals surface area contributed by atoms with E-state index in [1.807, 2.05) is 127 Å². The van der Waals surface area contributed by atoms with Gasteiger partial charge in [0.15, 0.2) is 0 Å². The third kappa shape index (κ3) is 11.3. The maximum Gasteiger partial charge on any atom is 0.491 e. The van der Waals surface area contributed by atoms with Gasteiger partial charge in [0.05, 0.1) is 18.9 Å². The van der Waals surface area contributed by atoms with Gasteiger partial charge in [-0.1, -0.05) is 79.2 Å². The third-order valence-corrected chi connectivity index (χ3v) is 8.55. The fraction of sp³-hybridized carbons (Fsp3) is 0.0952. The van der Waals surface area contributed by atoms with Gasteiger partial charge in [-0.05, 0) is 106 Å². The zero-order valence-electron chi connectivity index (χ0n) is 30.3. The summed E-state index contributed by atoms with van der Waals surface area (Å²) in [6, 6.07) is 44.3. The van der Waals surface area contributed by atoms with Gasteiger partial charge in [-0.15, -0.1) is 0 Å². The zero-order chi connectivity index (χ0) is 39.1. The van der Waals surface area contributed by atoms with Gasteiger partial charge < -0.3 is 50.3 Å². The number of carbonyl (C=O) groups excluding carboxylic acids is 1. The minimum atomic E-state index is -0.852. The van der Waals surface area contributed by atoms with Gasteiger partial charge in [0.2, 0.25) is 0 Å². The lowest BCUT2D eigenvalue weighted by molar-refractivity contribution is -0.200. The van der Waals surface area contributed by atoms with Gasteiger partial charge in [-0.25, -0.2) is 4.79 Å². The second-order valence-corrected chi connectivity index (χ2v) is 12.5. The number of hydrogen-bond donors (Lipinski definition) is 5. The van der Waals surface area contributed by atoms with Crippen LogP contribution in [0.2, 0.25) is 0 Å². The topological polar surface area (TPSA) is 180 Å². The Morgan fingerprint density at radius 2 is 1.18 bits per heavy atom. The third-order valence-electron chi connectivity index (χ3n) is 8.55. The quantitative estimate of drug-likeness (QED) is 0.0783. The highest BCUT2D eigenvalue weighted by atomic mass is 16.5. The van der Waals surface area contributed by atoms with E-state index < -0.39 is 14.2 Å². The maximum atomic E-state index is 11.9. The average Bonchev–Trinajstić information content (AvgIpc) is 3.79. The molecule has 8 rings (SSSR count). The average molecular weight is 749 g/mol. The molecule has 0 aliphatic carbocycles. The van der Waals surface area contributed by atoms with Crippen LogP contribution in [0.4, 0.5) is 16.2 Å². The number of hydrogen-bond acceptors (Lipinski definition) is 10. The summed E-state index contributed by atoms with van der Waals surface area (Å²) in [6.07, 6.45) is 0.537. The molecule has 0 fully saturated rings. The van der Waals surface area contributed by atoms with E-state index in [0.29, 0.717) is 49.9 Å². The van der Waals surface area contributed by atoms with Crippen molar-refractivity contribution in [1.29, 1.82) is 0 Å². The molecular weight excluding hydrogens is 710 g/mol. The lowest BCUT2D eigenvalue weighted by atomic mass is 9.80. The van der Waals surface area contributed by atoms with Crippen molar-refractivity contribution in [2.75, 3.05) is 5.32 Å². The highest BCUT2D eigenvalue weighted by molar-refractivity contribution is 6.62. The molecule has 0 aromatic heterocycles. The lowest BCUT2D eigenvalue weighted by Crippen LogP contribution is -2.28. The highest BCUT2D eigenvalue weighted by Gasteiger charge is 2.28. The van der Waals surface area contributed by atoms with Gasteiger partial charge in [-0.3, -0.25) is 4.99 Å². The van der Waals surface area contributed by atoms with Crippen molar-refractivity contribution in [3.63, 3.8) is 0 Å². The van der Waals surface area contributed by atoms with Gasteiger partial charge in [0.1, 0.15) is 23.0 Å². The SMILES string of the molecule is NCc1ccc(Oc2ccc3c(c2)COB3O)cc1.O=C(NCc1ccc(Oc2ccc3c(c2)COB3O)cc1)Nc1ccccc1.[O-]C=Nc1ccccc1. The number of anilines is 1. The fourth-order valence-corrected chi connectivity index (χ4v) is 5.64. The molecule has 6 aromatic carbocycles. The smallest absolute Gasteiger partial charge is 0.491 e. The summed E-state index contributed by atoms with van der Waals surface area (Å²) in [6.45, 7) is 1.73. The van der Waals surface area contributed by atoms with Crippen LogP contribution in [-0.2, 0) is 35.6 Å². The van der Waals surface area contributed by atoms with Crippen LogP contribution >= 0.6 is 0 Å². The second-order valence-electron chi connectivity index (χ2n) is 12.5. The van der Waals surface area contributed by atoms with E-state index in [-0.39, 0.29) is 6.03 Å². The molecule has 2 amide bonds. The van der Waals surface area contributed by atoms with E-state index in [9.17, 15) is 19.9 Å². The first-order valence-corrected chi connectivity index (χ1v) is 17.7. The molecule has 6 N–H and O–H groups in total. The van der Waals surface area contributed by atoms with Gasteiger partial charge >= 0.3 is 20.3 Å². The normalized spacial score (nSPS) is 12.4. The molecule has 2 aliphatic heterocycles. The van der Waals surface area contributed by atoms with Crippen molar-refractivity contribution in [2.45, 2.75) is 26.3 Å². The molecule has 0 radical (unpaired) electrons. The molecule has 2 heterocycles. The van der Waals surface area contributed by atoms with Gasteiger partial charge in [0, 0.05) is 18.8 Å². The number of fused-ring (bicyclic) bond motifs is 2. The number of amides is 2. The van der Waals surface area contributed by atoms with E-state index in [1.54, 1.807) is 18.2 Å². The number of carbonyl (C=O) groups is 1. The van der Waals surface area contributed by atoms with Crippen LogP contribution in [0, 0.1) is 0 Å². The van der Waals surface area contributed by atoms with Crippen LogP contribution in [0.15, 0.2) is 151 Å². The second kappa shape index (κ2) is 19.8. The number of nitrogens with one attached hydrogen (secondary N) is 2. The number of aliphatic imine (C=N–C) groups is 1. The summed E-state index contributed by atoms with van der Waals surface area (Å²) in [7, 11) is -1.66. The van der Waals surface area contributed by atoms with Crippen molar-refractivity contribution in [1.82, 2.24) is 5.32 Å². The Morgan fingerprint density at radius 3 is 1.68 bits per heavy atom. The van der Waals surface area contributed by atoms with Crippen molar-refractivity contribution in [2.24, 2.45) is 10.7 Å². The molecule has 0 spiro atoms. The highest BCUT2D eigenvalue weighted by Crippen LogP contribution is 2.25. The summed E-state index contributed by atoms with van der Waals surface area (Å²) in [5.74, 6) is 2.87. The lowest BCUT2D eigenvalue weighted by Gasteiger charge is -2.10. The van der Waals surface area contributed by atoms with E-state index in [4.69, 9.17) is 24.5 Å². The van der Waals surface area contributed by atoms with Crippen molar-refractivity contribution in [3.8, 4) is 23.0 Å². The molecule has 0 saturated heterocycles. The molecular formula is C42H39B2N4O8-. The molecule has 6 aromatic rings. The van der Waals surface area contributed by atoms with Crippen LogP contribution in [-0.4, -0.2) is 36.7 Å². The van der Waals surface area contributed by atoms with E-state index in [1.165, 1.54) is 0 Å². The molecule has 56 heavy (non-hydrogen) atoms. The summed E-state index contributed by atoms with van der Waals surface area (Å²) in [5.41, 5.74) is 12.5. The predicted octanol–water partition coefficient (Wildman–Crippen LogP) is 4.88. The van der Waals surface area contributed by atoms with Gasteiger partial charge in [0.25, 0.3) is 0 Å². The molecule has 0 bridgehead atoms. The number of ether oxygens (including phenoxy) is 2. The van der Waals surface area contributed by atoms with E-state index >= 15 is 0 Å². The number of urea groups is 1. The molecule has 0 atom stereocenters. The Bertz CT molecular complexity index is 2200. The Kier molecular flexibility index (Phi) is 13.9. The Hall–Kier alpha value is -6.41. The molecule has 2 aliphatic rings. The first-order valence-electron chi connectivity index (χ1n) is 17.7. The number of nitrogens with zero attached hydrogens (tertiary/aromatic N) is 1. The van der Waals surface area contributed by atoms with Crippen molar-refractivity contribution in [3.05, 3.63) is 168 Å². The fourth-order valence-electron chi connectivity index (χ4n) is 5.64. The van der Waals surface area contributed by atoms with E-state index in [2.05, 4.69) is 15.6 Å². The molecule has 0 unspecified atom stereocenters. The van der Waals surface area contributed by atoms with Crippen molar-refractivity contribution >= 4 is 49.0 Å². The number of nitrogens with two attached hydrogens (primary N) is 1. The van der Waals surface area contributed by atoms with Crippen LogP contribution in [0.25, 0.3) is 0 Å². The Morgan fingerprint density at radius 1 is 0.696 bits per heavy atom. The minimum Gasteiger partial charge on any atom is -0.864 e. The first kappa shape index (κ1) is 39.3. The Labute approximate surface area is 325 Å². The van der Waals surface area contributed by atoms with E-state index in [0.717, 1.165) is 50.4 Å². The molecule has 0 saturated carbocycles. The Balaban J connectivity index is 0.000000163. The standard InChI is InChI=1S/C21H19BN2O4.C14H14BNO3.C7H7NO/c25-21(24-17-4-2-1-3-5-17)23-13-15-6-8-18(9-7-15)28-19-10-11-20-16(12-19)14-27-22(20)26;16-8-10-1-3-12(4-2-10)19-13-5-6-14-11(7-13)9-18-15(14)17;9-6-8-7-4-2-1-3-5-7/h1-12,26H,13-14H2,(H2,23,24,25);1-7,17H,8-9,16H2;1-6H,(H,8,9)/p-1. The van der Waals surface area contributed by atoms with Crippen LogP contribution in [0.5, 0.6) is 23.0 Å². The number of benzene rings is 6. The summed E-state index contributed by atoms with van der Waals surface area (Å²) >= 11 is 0. The largest absolute Gasteiger partial charge is 0.864 e. The summed E-state index contributed by atoms with van der Waals surface area (Å²) in [4.78, 5) is 15.5. The van der Waals surface area contributed by atoms with Crippen LogP contribution < -0.4 is 41.9 Å². The monoisotopic (exact) mass is 749 g/mol. The summed E-state index contributed by atoms with van der Waals surface area (Å²) < 4.78 is 22.0. The first-order chi connectivity index (χ1) is 27.4. The predicted molar refractivity (Wildman–Crippen MR) is 215 cm³/mol. The minimum absolute atomic E-state index is 0.255. The van der Waals surface area contributed by atoms with Gasteiger partial charge in [-0.2, -0.15) is 0 Å². The molecule has 282 valence electrons. The van der Waals surface area contributed by atoms with Crippen LogP contribution in [0.3, 0.4) is 0 Å². The molecule has 14 heteroatoms. The maximum absolute atomic E-state index is 11.9. The molecule has 12 nitrogen and oxygen atoms in total. The number of rotatable bonds is 9. The van der Waals surface area contributed by atoms with Crippen LogP contribution in [0.1, 0.15) is 22.3 Å². The summed E-state index contributed by atoms with van der Waals surface area (Å²) in [5, 5.41) is 34.6.